The second-order valence-corrected chi connectivity index (χ2v) is 6.92. The summed E-state index contributed by atoms with van der Waals surface area (Å²) in [4.78, 5) is 4.26. The molecular formula is C14H16BrNO2S. The maximum Gasteiger partial charge on any atom is 0.207 e. The average molecular weight is 342 g/mol. The van der Waals surface area contributed by atoms with Gasteiger partial charge in [-0.25, -0.2) is 4.98 Å². The smallest absolute Gasteiger partial charge is 0.207 e. The van der Waals surface area contributed by atoms with E-state index in [-0.39, 0.29) is 0 Å². The van der Waals surface area contributed by atoms with E-state index >= 15 is 0 Å². The Morgan fingerprint density at radius 3 is 2.58 bits per heavy atom. The minimum atomic E-state index is -1.01. The van der Waals surface area contributed by atoms with Crippen molar-refractivity contribution in [1.29, 1.82) is 0 Å². The van der Waals surface area contributed by atoms with E-state index in [1.165, 1.54) is 0 Å². The molecule has 1 atom stereocenters. The average Bonchev–Trinajstić information content (AvgIpc) is 2.62. The highest BCUT2D eigenvalue weighted by Gasteiger charge is 2.11. The zero-order chi connectivity index (χ0) is 14.0. The van der Waals surface area contributed by atoms with E-state index in [1.54, 1.807) is 0 Å². The van der Waals surface area contributed by atoms with Crippen LogP contribution in [0.15, 0.2) is 27.1 Å². The van der Waals surface area contributed by atoms with Crippen molar-refractivity contribution in [3.8, 4) is 0 Å². The quantitative estimate of drug-likeness (QED) is 0.849. The van der Waals surface area contributed by atoms with Gasteiger partial charge in [0.05, 0.1) is 5.69 Å². The van der Waals surface area contributed by atoms with Gasteiger partial charge >= 0.3 is 0 Å². The lowest BCUT2D eigenvalue weighted by Crippen LogP contribution is -2.01. The van der Waals surface area contributed by atoms with E-state index in [0.717, 1.165) is 27.1 Å². The van der Waals surface area contributed by atoms with Crippen LogP contribution in [-0.2, 0) is 22.3 Å². The maximum absolute atomic E-state index is 12.1. The summed E-state index contributed by atoms with van der Waals surface area (Å²) < 4.78 is 18.6. The summed E-state index contributed by atoms with van der Waals surface area (Å²) in [5.41, 5.74) is 3.11. The molecule has 0 fully saturated rings. The monoisotopic (exact) mass is 341 g/mol. The minimum absolute atomic E-state index is 0.365. The van der Waals surface area contributed by atoms with Crippen molar-refractivity contribution in [3.05, 3.63) is 51.1 Å². The first-order valence-electron chi connectivity index (χ1n) is 5.98. The number of aromatic nitrogens is 1. The molecule has 0 N–H and O–H groups in total. The highest BCUT2D eigenvalue weighted by molar-refractivity contribution is 9.10. The van der Waals surface area contributed by atoms with Crippen LogP contribution in [0, 0.1) is 20.8 Å². The van der Waals surface area contributed by atoms with Crippen molar-refractivity contribution >= 4 is 26.7 Å². The Labute approximate surface area is 124 Å². The molecule has 1 unspecified atom stereocenters. The van der Waals surface area contributed by atoms with Gasteiger partial charge in [0.2, 0.25) is 5.89 Å². The number of hydrogen-bond donors (Lipinski definition) is 0. The molecule has 1 aromatic heterocycles. The van der Waals surface area contributed by atoms with Crippen LogP contribution < -0.4 is 0 Å². The number of rotatable bonds is 4. The molecule has 0 bridgehead atoms. The number of hydrogen-bond acceptors (Lipinski definition) is 3. The Morgan fingerprint density at radius 2 is 2.00 bits per heavy atom. The Bertz CT molecular complexity index is 602. The molecule has 0 saturated heterocycles. The molecule has 0 aliphatic carbocycles. The minimum Gasteiger partial charge on any atom is -0.445 e. The molecule has 2 rings (SSSR count). The van der Waals surface area contributed by atoms with Gasteiger partial charge in [-0.2, -0.15) is 0 Å². The Hall–Kier alpha value is -0.940. The molecule has 0 saturated carbocycles. The number of halogens is 1. The van der Waals surface area contributed by atoms with Crippen molar-refractivity contribution in [2.45, 2.75) is 32.3 Å². The van der Waals surface area contributed by atoms with Crippen LogP contribution in [0.3, 0.4) is 0 Å². The molecule has 0 radical (unpaired) electrons. The van der Waals surface area contributed by atoms with E-state index in [2.05, 4.69) is 20.9 Å². The predicted molar refractivity (Wildman–Crippen MR) is 80.4 cm³/mol. The molecule has 5 heteroatoms. The van der Waals surface area contributed by atoms with Crippen molar-refractivity contribution in [1.82, 2.24) is 4.98 Å². The lowest BCUT2D eigenvalue weighted by atomic mass is 10.1. The highest BCUT2D eigenvalue weighted by Crippen LogP contribution is 2.18. The van der Waals surface area contributed by atoms with Gasteiger partial charge in [-0.15, -0.1) is 0 Å². The van der Waals surface area contributed by atoms with Crippen LogP contribution in [0.2, 0.25) is 0 Å². The fourth-order valence-corrected chi connectivity index (χ4v) is 3.43. The summed E-state index contributed by atoms with van der Waals surface area (Å²) in [7, 11) is -1.01. The van der Waals surface area contributed by atoms with Gasteiger partial charge in [0, 0.05) is 21.0 Å². The van der Waals surface area contributed by atoms with Gasteiger partial charge in [-0.1, -0.05) is 22.0 Å². The van der Waals surface area contributed by atoms with Crippen molar-refractivity contribution in [3.63, 3.8) is 0 Å². The van der Waals surface area contributed by atoms with Gasteiger partial charge in [0.25, 0.3) is 0 Å². The van der Waals surface area contributed by atoms with Crippen LogP contribution in [0.4, 0.5) is 0 Å². The SMILES string of the molecule is Cc1cc(Br)ccc1CS(=O)Cc1nc(C)c(C)o1. The zero-order valence-corrected chi connectivity index (χ0v) is 13.6. The molecular weight excluding hydrogens is 326 g/mol. The lowest BCUT2D eigenvalue weighted by Gasteiger charge is -2.05. The van der Waals surface area contributed by atoms with Gasteiger partial charge in [0.1, 0.15) is 11.5 Å². The topological polar surface area (TPSA) is 43.1 Å². The van der Waals surface area contributed by atoms with Gasteiger partial charge in [0.15, 0.2) is 0 Å². The first kappa shape index (κ1) is 14.5. The Balaban J connectivity index is 2.05. The fourth-order valence-electron chi connectivity index (χ4n) is 1.78. The third kappa shape index (κ3) is 3.76. The Kier molecular flexibility index (Phi) is 4.58. The van der Waals surface area contributed by atoms with Crippen LogP contribution in [-0.4, -0.2) is 9.19 Å². The molecule has 0 aliphatic rings. The molecule has 102 valence electrons. The number of nitrogens with zero attached hydrogens (tertiary/aromatic N) is 1. The third-order valence-electron chi connectivity index (χ3n) is 2.98. The molecule has 3 nitrogen and oxygen atoms in total. The van der Waals surface area contributed by atoms with Gasteiger partial charge < -0.3 is 4.42 Å². The summed E-state index contributed by atoms with van der Waals surface area (Å²) in [5, 5.41) is 0. The van der Waals surface area contributed by atoms with Crippen molar-refractivity contribution < 1.29 is 8.63 Å². The van der Waals surface area contributed by atoms with Gasteiger partial charge in [-0.3, -0.25) is 4.21 Å². The molecule has 0 amide bonds. The second-order valence-electron chi connectivity index (χ2n) is 4.55. The molecule has 2 aromatic rings. The van der Waals surface area contributed by atoms with Crippen molar-refractivity contribution in [2.24, 2.45) is 0 Å². The highest BCUT2D eigenvalue weighted by atomic mass is 79.9. The van der Waals surface area contributed by atoms with E-state index in [4.69, 9.17) is 4.42 Å². The van der Waals surface area contributed by atoms with E-state index in [1.807, 2.05) is 39.0 Å². The van der Waals surface area contributed by atoms with Crippen LogP contribution in [0.5, 0.6) is 0 Å². The summed E-state index contributed by atoms with van der Waals surface area (Å²) >= 11 is 3.43. The van der Waals surface area contributed by atoms with Crippen LogP contribution in [0.25, 0.3) is 0 Å². The molecule has 0 spiro atoms. The number of benzene rings is 1. The van der Waals surface area contributed by atoms with Gasteiger partial charge in [-0.05, 0) is 44.0 Å². The fraction of sp³-hybridized carbons (Fsp3) is 0.357. The standard InChI is InChI=1S/C14H16BrNO2S/c1-9-6-13(15)5-4-12(9)7-19(17)8-14-16-10(2)11(3)18-14/h4-6H,7-8H2,1-3H3. The van der Waals surface area contributed by atoms with E-state index in [9.17, 15) is 4.21 Å². The van der Waals surface area contributed by atoms with Crippen molar-refractivity contribution in [2.75, 3.05) is 0 Å². The zero-order valence-electron chi connectivity index (χ0n) is 11.2. The normalized spacial score (nSPS) is 12.6. The Morgan fingerprint density at radius 1 is 1.26 bits per heavy atom. The summed E-state index contributed by atoms with van der Waals surface area (Å²) in [6.07, 6.45) is 0. The summed E-state index contributed by atoms with van der Waals surface area (Å²) in [6, 6.07) is 6.01. The van der Waals surface area contributed by atoms with E-state index in [0.29, 0.717) is 17.4 Å². The molecule has 1 aromatic carbocycles. The van der Waals surface area contributed by atoms with Crippen LogP contribution in [0.1, 0.15) is 28.5 Å². The molecule has 0 aliphatic heterocycles. The summed E-state index contributed by atoms with van der Waals surface area (Å²) in [6.45, 7) is 5.79. The summed E-state index contributed by atoms with van der Waals surface area (Å²) in [5.74, 6) is 2.25. The molecule has 19 heavy (non-hydrogen) atoms. The second kappa shape index (κ2) is 6.01. The first-order chi connectivity index (χ1) is 8.95. The lowest BCUT2D eigenvalue weighted by molar-refractivity contribution is 0.487. The third-order valence-corrected chi connectivity index (χ3v) is 4.67. The maximum atomic E-state index is 12.1. The first-order valence-corrected chi connectivity index (χ1v) is 8.26. The predicted octanol–water partition coefficient (Wildman–Crippen LogP) is 3.81. The van der Waals surface area contributed by atoms with Crippen LogP contribution >= 0.6 is 15.9 Å². The number of aryl methyl sites for hydroxylation is 3. The molecule has 1 heterocycles. The largest absolute Gasteiger partial charge is 0.445 e. The van der Waals surface area contributed by atoms with E-state index < -0.39 is 10.8 Å². The number of oxazole rings is 1.